The molecule has 0 spiro atoms. The fraction of sp³-hybridized carbons (Fsp3) is 0.400. The molecule has 0 unspecified atom stereocenters. The topological polar surface area (TPSA) is 25.4 Å². The van der Waals surface area contributed by atoms with Crippen molar-refractivity contribution in [2.45, 2.75) is 12.3 Å². The highest BCUT2D eigenvalue weighted by molar-refractivity contribution is 6.18. The molecule has 0 bridgehead atoms. The van der Waals surface area contributed by atoms with Crippen molar-refractivity contribution in [3.63, 3.8) is 0 Å². The minimum absolute atomic E-state index is 0.514. The van der Waals surface area contributed by atoms with Crippen molar-refractivity contribution in [3.8, 4) is 0 Å². The largest absolute Gasteiger partial charge is 0.380 e. The maximum Gasteiger partial charge on any atom is 0.129 e. The van der Waals surface area contributed by atoms with Gasteiger partial charge in [-0.1, -0.05) is 18.2 Å². The molecule has 100 valence electrons. The van der Waals surface area contributed by atoms with Gasteiger partial charge in [-0.2, -0.15) is 0 Å². The van der Waals surface area contributed by atoms with E-state index in [0.29, 0.717) is 5.88 Å². The van der Waals surface area contributed by atoms with Crippen LogP contribution in [0.4, 0.5) is 5.82 Å². The highest BCUT2D eigenvalue weighted by Gasteiger charge is 2.13. The number of nitrogens with zero attached hydrogens (tertiary/aromatic N) is 2. The summed E-state index contributed by atoms with van der Waals surface area (Å²) < 4.78 is 5.49. The van der Waals surface area contributed by atoms with E-state index >= 15 is 0 Å². The van der Waals surface area contributed by atoms with Crippen LogP contribution in [0.3, 0.4) is 0 Å². The molecule has 3 nitrogen and oxygen atoms in total. The molecule has 1 aromatic carbocycles. The number of halogens is 1. The normalized spacial score (nSPS) is 16.6. The van der Waals surface area contributed by atoms with Gasteiger partial charge in [0.05, 0.1) is 12.1 Å². The average Bonchev–Trinajstić information content (AvgIpc) is 2.75. The lowest BCUT2D eigenvalue weighted by Gasteiger charge is -2.22. The van der Waals surface area contributed by atoms with Gasteiger partial charge in [-0.25, -0.2) is 4.98 Å². The first kappa shape index (κ1) is 12.7. The third-order valence-corrected chi connectivity index (χ3v) is 3.77. The molecule has 3 rings (SSSR count). The van der Waals surface area contributed by atoms with Gasteiger partial charge in [0.15, 0.2) is 0 Å². The van der Waals surface area contributed by atoms with Crippen LogP contribution >= 0.6 is 11.6 Å². The predicted molar refractivity (Wildman–Crippen MR) is 78.9 cm³/mol. The molecule has 4 heteroatoms. The van der Waals surface area contributed by atoms with Crippen LogP contribution in [0.15, 0.2) is 30.3 Å². The minimum atomic E-state index is 0.514. The Morgan fingerprint density at radius 3 is 3.00 bits per heavy atom. The third kappa shape index (κ3) is 2.67. The molecule has 0 radical (unpaired) electrons. The predicted octanol–water partition coefficient (Wildman–Crippen LogP) is 3.20. The van der Waals surface area contributed by atoms with Gasteiger partial charge in [0, 0.05) is 31.0 Å². The molecule has 1 aliphatic heterocycles. The van der Waals surface area contributed by atoms with Crippen molar-refractivity contribution in [1.29, 1.82) is 0 Å². The maximum atomic E-state index is 6.08. The number of pyridine rings is 1. The molecule has 0 N–H and O–H groups in total. The van der Waals surface area contributed by atoms with Crippen molar-refractivity contribution in [2.75, 3.05) is 31.2 Å². The number of hydrogen-bond acceptors (Lipinski definition) is 3. The number of fused-ring (bicyclic) bond motifs is 1. The zero-order valence-electron chi connectivity index (χ0n) is 10.8. The summed E-state index contributed by atoms with van der Waals surface area (Å²) in [5.41, 5.74) is 2.16. The Kier molecular flexibility index (Phi) is 3.85. The molecule has 1 fully saturated rings. The minimum Gasteiger partial charge on any atom is -0.380 e. The second kappa shape index (κ2) is 5.76. The van der Waals surface area contributed by atoms with Crippen LogP contribution in [0, 0.1) is 0 Å². The smallest absolute Gasteiger partial charge is 0.129 e. The van der Waals surface area contributed by atoms with Gasteiger partial charge < -0.3 is 9.64 Å². The van der Waals surface area contributed by atoms with E-state index in [0.717, 1.165) is 55.0 Å². The summed E-state index contributed by atoms with van der Waals surface area (Å²) >= 11 is 6.08. The summed E-state index contributed by atoms with van der Waals surface area (Å²) in [6, 6.07) is 10.3. The number of anilines is 1. The maximum absolute atomic E-state index is 6.08. The lowest BCUT2D eigenvalue weighted by Crippen LogP contribution is -2.26. The fourth-order valence-corrected chi connectivity index (χ4v) is 2.70. The lowest BCUT2D eigenvalue weighted by atomic mass is 10.1. The van der Waals surface area contributed by atoms with Crippen LogP contribution in [0.1, 0.15) is 12.0 Å². The number of hydrogen-bond donors (Lipinski definition) is 0. The molecular weight excluding hydrogens is 260 g/mol. The standard InChI is InChI=1S/C15H17ClN2O/c16-11-12-10-15(18-6-3-8-19-9-7-18)17-14-5-2-1-4-13(12)14/h1-2,4-5,10H,3,6-9,11H2. The fourth-order valence-electron chi connectivity index (χ4n) is 2.48. The number of rotatable bonds is 2. The summed E-state index contributed by atoms with van der Waals surface area (Å²) in [7, 11) is 0. The van der Waals surface area contributed by atoms with Gasteiger partial charge in [-0.3, -0.25) is 0 Å². The highest BCUT2D eigenvalue weighted by Crippen LogP contribution is 2.24. The quantitative estimate of drug-likeness (QED) is 0.788. The van der Waals surface area contributed by atoms with Crippen molar-refractivity contribution in [2.24, 2.45) is 0 Å². The molecule has 2 aromatic rings. The van der Waals surface area contributed by atoms with Crippen molar-refractivity contribution in [1.82, 2.24) is 4.98 Å². The number of benzene rings is 1. The molecule has 0 saturated carbocycles. The first-order valence-electron chi connectivity index (χ1n) is 6.66. The first-order valence-corrected chi connectivity index (χ1v) is 7.19. The number of para-hydroxylation sites is 1. The summed E-state index contributed by atoms with van der Waals surface area (Å²) in [4.78, 5) is 7.05. The first-order chi connectivity index (χ1) is 9.38. The van der Waals surface area contributed by atoms with Gasteiger partial charge in [-0.15, -0.1) is 11.6 Å². The summed E-state index contributed by atoms with van der Waals surface area (Å²) in [5.74, 6) is 1.53. The Balaban J connectivity index is 2.03. The summed E-state index contributed by atoms with van der Waals surface area (Å²) in [6.07, 6.45) is 1.05. The monoisotopic (exact) mass is 276 g/mol. The van der Waals surface area contributed by atoms with Crippen LogP contribution in [0.5, 0.6) is 0 Å². The zero-order chi connectivity index (χ0) is 13.1. The molecule has 19 heavy (non-hydrogen) atoms. The number of alkyl halides is 1. The average molecular weight is 277 g/mol. The van der Waals surface area contributed by atoms with Crippen LogP contribution in [0.2, 0.25) is 0 Å². The molecule has 1 aromatic heterocycles. The molecule has 1 saturated heterocycles. The summed E-state index contributed by atoms with van der Waals surface area (Å²) in [5, 5.41) is 1.15. The second-order valence-electron chi connectivity index (χ2n) is 4.74. The Morgan fingerprint density at radius 1 is 1.21 bits per heavy atom. The Morgan fingerprint density at radius 2 is 2.11 bits per heavy atom. The van der Waals surface area contributed by atoms with Gasteiger partial charge in [-0.05, 0) is 24.1 Å². The second-order valence-corrected chi connectivity index (χ2v) is 5.01. The van der Waals surface area contributed by atoms with Crippen molar-refractivity contribution >= 4 is 28.3 Å². The van der Waals surface area contributed by atoms with E-state index < -0.39 is 0 Å². The van der Waals surface area contributed by atoms with E-state index in [1.54, 1.807) is 0 Å². The molecule has 2 heterocycles. The Bertz CT molecular complexity index is 565. The van der Waals surface area contributed by atoms with E-state index in [2.05, 4.69) is 17.0 Å². The van der Waals surface area contributed by atoms with Gasteiger partial charge in [0.25, 0.3) is 0 Å². The van der Waals surface area contributed by atoms with Gasteiger partial charge in [0.2, 0.25) is 0 Å². The van der Waals surface area contributed by atoms with Gasteiger partial charge in [0.1, 0.15) is 5.82 Å². The number of aromatic nitrogens is 1. The number of ether oxygens (including phenoxy) is 1. The van der Waals surface area contributed by atoms with Crippen LogP contribution in [0.25, 0.3) is 10.9 Å². The molecule has 0 aliphatic carbocycles. The Hall–Kier alpha value is -1.32. The lowest BCUT2D eigenvalue weighted by molar-refractivity contribution is 0.152. The van der Waals surface area contributed by atoms with E-state index in [4.69, 9.17) is 21.3 Å². The van der Waals surface area contributed by atoms with Gasteiger partial charge >= 0.3 is 0 Å². The van der Waals surface area contributed by atoms with Crippen LogP contribution in [-0.4, -0.2) is 31.3 Å². The third-order valence-electron chi connectivity index (χ3n) is 3.48. The Labute approximate surface area is 118 Å². The zero-order valence-corrected chi connectivity index (χ0v) is 11.6. The SMILES string of the molecule is ClCc1cc(N2CCCOCC2)nc2ccccc12. The highest BCUT2D eigenvalue weighted by atomic mass is 35.5. The molecule has 0 atom stereocenters. The van der Waals surface area contributed by atoms with Crippen molar-refractivity contribution < 1.29 is 4.74 Å². The van der Waals surface area contributed by atoms with Crippen molar-refractivity contribution in [3.05, 3.63) is 35.9 Å². The van der Waals surface area contributed by atoms with E-state index in [1.165, 1.54) is 0 Å². The molecule has 1 aliphatic rings. The molecule has 0 amide bonds. The van der Waals surface area contributed by atoms with E-state index in [-0.39, 0.29) is 0 Å². The van der Waals surface area contributed by atoms with Crippen LogP contribution in [-0.2, 0) is 10.6 Å². The van der Waals surface area contributed by atoms with Crippen LogP contribution < -0.4 is 4.90 Å². The van der Waals surface area contributed by atoms with E-state index in [9.17, 15) is 0 Å². The molecular formula is C15H17ClN2O. The summed E-state index contributed by atoms with van der Waals surface area (Å²) in [6.45, 7) is 3.50. The van der Waals surface area contributed by atoms with E-state index in [1.807, 2.05) is 18.2 Å².